The molecule has 3 N–H and O–H groups in total. The summed E-state index contributed by atoms with van der Waals surface area (Å²) in [6.45, 7) is 2.89. The van der Waals surface area contributed by atoms with Crippen molar-refractivity contribution in [2.75, 3.05) is 26.2 Å². The van der Waals surface area contributed by atoms with Crippen molar-refractivity contribution in [1.29, 1.82) is 0 Å². The topological polar surface area (TPSA) is 135 Å². The fourth-order valence-electron chi connectivity index (χ4n) is 4.12. The van der Waals surface area contributed by atoms with Gasteiger partial charge in [0.1, 0.15) is 18.2 Å². The zero-order chi connectivity index (χ0) is 27.6. The Balaban J connectivity index is 1.47. The van der Waals surface area contributed by atoms with Crippen LogP contribution in [0.25, 0.3) is 0 Å². The lowest BCUT2D eigenvalue weighted by Crippen LogP contribution is -2.42. The van der Waals surface area contributed by atoms with Crippen molar-refractivity contribution >= 4 is 42.9 Å². The summed E-state index contributed by atoms with van der Waals surface area (Å²) in [6, 6.07) is 4.57. The van der Waals surface area contributed by atoms with E-state index in [1.54, 1.807) is 0 Å². The van der Waals surface area contributed by atoms with Crippen LogP contribution in [0.1, 0.15) is 45.7 Å². The molecule has 200 valence electrons. The molecule has 2 aliphatic rings. The Morgan fingerprint density at radius 3 is 2.13 bits per heavy atom. The standard InChI is InChI=1S/C24H26B2F2N2O8/c1-13(2)10-36-22(31)9-30(24(33)17-6-15-12-38-26(35)19(15)8-21(17)28)4-3-29-23(32)16-5-14-11-37-25(34)18(14)7-20(16)27/h5-8,13,34-35H,3-4,9-12H2,1-2H3,(H,29,32). The minimum Gasteiger partial charge on any atom is -0.464 e. The zero-order valence-corrected chi connectivity index (χ0v) is 20.8. The van der Waals surface area contributed by atoms with E-state index in [9.17, 15) is 33.2 Å². The summed E-state index contributed by atoms with van der Waals surface area (Å²) in [7, 11) is -2.56. The summed E-state index contributed by atoms with van der Waals surface area (Å²) in [4.78, 5) is 39.3. The van der Waals surface area contributed by atoms with Gasteiger partial charge in [-0.25, -0.2) is 8.78 Å². The van der Waals surface area contributed by atoms with Crippen molar-refractivity contribution < 1.29 is 47.3 Å². The molecule has 10 nitrogen and oxygen atoms in total. The third-order valence-electron chi connectivity index (χ3n) is 6.11. The van der Waals surface area contributed by atoms with Crippen LogP contribution in [0.3, 0.4) is 0 Å². The van der Waals surface area contributed by atoms with Crippen LogP contribution in [0, 0.1) is 17.6 Å². The van der Waals surface area contributed by atoms with Crippen molar-refractivity contribution in [3.63, 3.8) is 0 Å². The van der Waals surface area contributed by atoms with Gasteiger partial charge in [0.15, 0.2) is 0 Å². The number of carbonyl (C=O) groups excluding carboxylic acids is 3. The van der Waals surface area contributed by atoms with Gasteiger partial charge in [-0.2, -0.15) is 0 Å². The highest BCUT2D eigenvalue weighted by atomic mass is 19.1. The SMILES string of the molecule is CC(C)COC(=O)CN(CCNC(=O)c1cc2c(cc1F)B(O)OC2)C(=O)c1cc2c(cc1F)B(O)OC2. The first-order chi connectivity index (χ1) is 18.0. The fourth-order valence-corrected chi connectivity index (χ4v) is 4.12. The Bertz CT molecular complexity index is 1260. The molecule has 0 bridgehead atoms. The number of carbonyl (C=O) groups is 3. The van der Waals surface area contributed by atoms with Crippen LogP contribution in [-0.4, -0.2) is 73.2 Å². The van der Waals surface area contributed by atoms with Crippen molar-refractivity contribution in [3.8, 4) is 0 Å². The molecule has 2 aliphatic heterocycles. The average molecular weight is 530 g/mol. The summed E-state index contributed by atoms with van der Waals surface area (Å²) in [5, 5.41) is 22.0. The van der Waals surface area contributed by atoms with E-state index in [-0.39, 0.29) is 60.9 Å². The van der Waals surface area contributed by atoms with Gasteiger partial charge in [0.25, 0.3) is 11.8 Å². The number of hydrogen-bond donors (Lipinski definition) is 3. The van der Waals surface area contributed by atoms with Gasteiger partial charge < -0.3 is 34.3 Å². The molecule has 0 aliphatic carbocycles. The average Bonchev–Trinajstić information content (AvgIpc) is 3.42. The highest BCUT2D eigenvalue weighted by molar-refractivity contribution is 6.62. The van der Waals surface area contributed by atoms with Gasteiger partial charge in [0.05, 0.1) is 30.9 Å². The first-order valence-corrected chi connectivity index (χ1v) is 12.0. The number of halogens is 2. The molecule has 0 atom stereocenters. The fraction of sp³-hybridized carbons (Fsp3) is 0.375. The second kappa shape index (κ2) is 11.6. The summed E-state index contributed by atoms with van der Waals surface area (Å²) >= 11 is 0. The number of esters is 1. The van der Waals surface area contributed by atoms with Crippen LogP contribution >= 0.6 is 0 Å². The van der Waals surface area contributed by atoms with E-state index in [4.69, 9.17) is 14.0 Å². The maximum Gasteiger partial charge on any atom is 0.491 e. The number of rotatable bonds is 9. The van der Waals surface area contributed by atoms with Crippen molar-refractivity contribution in [1.82, 2.24) is 10.2 Å². The van der Waals surface area contributed by atoms with E-state index < -0.39 is 50.2 Å². The van der Waals surface area contributed by atoms with Gasteiger partial charge in [0.2, 0.25) is 0 Å². The molecule has 0 spiro atoms. The normalized spacial score (nSPS) is 14.0. The van der Waals surface area contributed by atoms with Gasteiger partial charge in [-0.3, -0.25) is 14.4 Å². The van der Waals surface area contributed by atoms with E-state index in [2.05, 4.69) is 5.32 Å². The molecule has 2 aromatic carbocycles. The Morgan fingerprint density at radius 2 is 1.55 bits per heavy atom. The van der Waals surface area contributed by atoms with Gasteiger partial charge in [-0.15, -0.1) is 0 Å². The molecule has 14 heteroatoms. The smallest absolute Gasteiger partial charge is 0.464 e. The maximum absolute atomic E-state index is 14.8. The van der Waals surface area contributed by atoms with E-state index in [1.807, 2.05) is 13.8 Å². The van der Waals surface area contributed by atoms with Crippen molar-refractivity contribution in [2.24, 2.45) is 5.92 Å². The lowest BCUT2D eigenvalue weighted by molar-refractivity contribution is -0.145. The monoisotopic (exact) mass is 530 g/mol. The molecular weight excluding hydrogens is 504 g/mol. The second-order valence-electron chi connectivity index (χ2n) is 9.45. The Hall–Kier alpha value is -3.32. The number of ether oxygens (including phenoxy) is 1. The van der Waals surface area contributed by atoms with Crippen LogP contribution in [0.5, 0.6) is 0 Å². The highest BCUT2D eigenvalue weighted by Crippen LogP contribution is 2.18. The number of nitrogens with zero attached hydrogens (tertiary/aromatic N) is 1. The summed E-state index contributed by atoms with van der Waals surface area (Å²) in [5.74, 6) is -4.06. The third kappa shape index (κ3) is 6.04. The summed E-state index contributed by atoms with van der Waals surface area (Å²) in [5.41, 5.74) is 0.731. The number of amides is 2. The van der Waals surface area contributed by atoms with Crippen molar-refractivity contribution in [3.05, 3.63) is 58.2 Å². The molecule has 0 saturated heterocycles. The molecule has 38 heavy (non-hydrogen) atoms. The first-order valence-electron chi connectivity index (χ1n) is 12.0. The van der Waals surface area contributed by atoms with E-state index in [0.29, 0.717) is 11.1 Å². The highest BCUT2D eigenvalue weighted by Gasteiger charge is 2.32. The molecule has 2 heterocycles. The number of hydrogen-bond acceptors (Lipinski definition) is 8. The molecule has 0 aromatic heterocycles. The minimum atomic E-state index is -1.30. The van der Waals surface area contributed by atoms with Crippen LogP contribution in [0.4, 0.5) is 8.78 Å². The molecule has 0 fully saturated rings. The van der Waals surface area contributed by atoms with E-state index in [0.717, 1.165) is 17.0 Å². The largest absolute Gasteiger partial charge is 0.491 e. The van der Waals surface area contributed by atoms with Crippen molar-refractivity contribution in [2.45, 2.75) is 27.1 Å². The molecule has 0 radical (unpaired) electrons. The third-order valence-corrected chi connectivity index (χ3v) is 6.11. The quantitative estimate of drug-likeness (QED) is 0.291. The molecule has 4 rings (SSSR count). The van der Waals surface area contributed by atoms with E-state index >= 15 is 0 Å². The Morgan fingerprint density at radius 1 is 1.00 bits per heavy atom. The number of fused-ring (bicyclic) bond motifs is 2. The van der Waals surface area contributed by atoms with Gasteiger partial charge in [0, 0.05) is 13.1 Å². The summed E-state index contributed by atoms with van der Waals surface area (Å²) in [6.07, 6.45) is 0. The summed E-state index contributed by atoms with van der Waals surface area (Å²) < 4.78 is 44.5. The van der Waals surface area contributed by atoms with Gasteiger partial charge in [-0.05, 0) is 52.2 Å². The molecule has 0 unspecified atom stereocenters. The molecular formula is C24H26B2F2N2O8. The van der Waals surface area contributed by atoms with Crippen LogP contribution in [0.2, 0.25) is 0 Å². The Kier molecular flexibility index (Phi) is 8.46. The molecule has 2 aromatic rings. The van der Waals surface area contributed by atoms with Crippen LogP contribution < -0.4 is 16.2 Å². The maximum atomic E-state index is 14.8. The van der Waals surface area contributed by atoms with Crippen LogP contribution in [-0.2, 0) is 32.1 Å². The minimum absolute atomic E-state index is 0.0159. The lowest BCUT2D eigenvalue weighted by atomic mass is 9.79. The number of benzene rings is 2. The molecule has 0 saturated carbocycles. The second-order valence-corrected chi connectivity index (χ2v) is 9.45. The lowest BCUT2D eigenvalue weighted by Gasteiger charge is -2.23. The molecule has 2 amide bonds. The van der Waals surface area contributed by atoms with Crippen LogP contribution in [0.15, 0.2) is 24.3 Å². The predicted octanol–water partition coefficient (Wildman–Crippen LogP) is -0.528. The van der Waals surface area contributed by atoms with Gasteiger partial charge >= 0.3 is 20.2 Å². The first kappa shape index (κ1) is 27.7. The van der Waals surface area contributed by atoms with E-state index in [1.165, 1.54) is 12.1 Å². The Labute approximate surface area is 218 Å². The number of nitrogens with one attached hydrogen (secondary N) is 1. The zero-order valence-electron chi connectivity index (χ0n) is 20.8. The predicted molar refractivity (Wildman–Crippen MR) is 132 cm³/mol. The van der Waals surface area contributed by atoms with Gasteiger partial charge in [-0.1, -0.05) is 13.8 Å².